The molecular weight excluding hydrogens is 340 g/mol. The molecule has 1 aliphatic rings. The molecule has 0 radical (unpaired) electrons. The molecule has 2 aromatic rings. The highest BCUT2D eigenvalue weighted by molar-refractivity contribution is 6.00. The standard InChI is InChI=1S/C22H26N2O3/c1-14-6-4-7-15(2)20(14)24-22(26)19-13-18(19)21(25)23-11-10-16-8-5-9-17(12-16)27-3/h4-9,12,18-19H,10-11,13H2,1-3H3,(H,23,25)(H,24,26). The number of methoxy groups -OCH3 is 1. The molecule has 2 aromatic carbocycles. The number of benzene rings is 2. The van der Waals surface area contributed by atoms with Crippen LogP contribution in [0.4, 0.5) is 5.69 Å². The van der Waals surface area contributed by atoms with Crippen LogP contribution in [0.1, 0.15) is 23.1 Å². The van der Waals surface area contributed by atoms with Crippen molar-refractivity contribution in [3.8, 4) is 5.75 Å². The van der Waals surface area contributed by atoms with Crippen molar-refractivity contribution in [2.45, 2.75) is 26.7 Å². The first kappa shape index (κ1) is 19.0. The van der Waals surface area contributed by atoms with E-state index < -0.39 is 0 Å². The monoisotopic (exact) mass is 366 g/mol. The van der Waals surface area contributed by atoms with Crippen molar-refractivity contribution in [3.63, 3.8) is 0 Å². The molecular formula is C22H26N2O3. The average molecular weight is 366 g/mol. The summed E-state index contributed by atoms with van der Waals surface area (Å²) >= 11 is 0. The molecule has 0 spiro atoms. The third-order valence-corrected chi connectivity index (χ3v) is 5.04. The van der Waals surface area contributed by atoms with Gasteiger partial charge in [-0.15, -0.1) is 0 Å². The first-order valence-corrected chi connectivity index (χ1v) is 9.27. The van der Waals surface area contributed by atoms with Crippen molar-refractivity contribution in [2.24, 2.45) is 11.8 Å². The number of nitrogens with one attached hydrogen (secondary N) is 2. The van der Waals surface area contributed by atoms with Crippen LogP contribution in [0.25, 0.3) is 0 Å². The molecule has 0 bridgehead atoms. The summed E-state index contributed by atoms with van der Waals surface area (Å²) in [5.74, 6) is 0.240. The third kappa shape index (κ3) is 4.67. The summed E-state index contributed by atoms with van der Waals surface area (Å²) in [6, 6.07) is 13.7. The van der Waals surface area contributed by atoms with E-state index in [1.165, 1.54) is 0 Å². The van der Waals surface area contributed by atoms with Gasteiger partial charge in [0.05, 0.1) is 18.9 Å². The maximum Gasteiger partial charge on any atom is 0.228 e. The molecule has 5 heteroatoms. The van der Waals surface area contributed by atoms with E-state index >= 15 is 0 Å². The average Bonchev–Trinajstić information content (AvgIpc) is 3.46. The largest absolute Gasteiger partial charge is 0.497 e. The second-order valence-electron chi connectivity index (χ2n) is 7.10. The van der Waals surface area contributed by atoms with Gasteiger partial charge in [0.25, 0.3) is 0 Å². The van der Waals surface area contributed by atoms with Crippen LogP contribution in [0.15, 0.2) is 42.5 Å². The number of aryl methyl sites for hydroxylation is 2. The Kier molecular flexibility index (Phi) is 5.79. The van der Waals surface area contributed by atoms with E-state index in [2.05, 4.69) is 10.6 Å². The van der Waals surface area contributed by atoms with Gasteiger partial charge in [0.1, 0.15) is 5.75 Å². The quantitative estimate of drug-likeness (QED) is 0.790. The zero-order chi connectivity index (χ0) is 19.4. The van der Waals surface area contributed by atoms with Crippen LogP contribution in [-0.2, 0) is 16.0 Å². The summed E-state index contributed by atoms with van der Waals surface area (Å²) in [6.07, 6.45) is 1.34. The number of amides is 2. The van der Waals surface area contributed by atoms with Crippen LogP contribution in [0.5, 0.6) is 5.75 Å². The number of para-hydroxylation sites is 1. The summed E-state index contributed by atoms with van der Waals surface area (Å²) in [6.45, 7) is 4.49. The number of hydrogen-bond donors (Lipinski definition) is 2. The molecule has 142 valence electrons. The van der Waals surface area contributed by atoms with E-state index in [1.807, 2.05) is 56.3 Å². The first-order valence-electron chi connectivity index (χ1n) is 9.27. The van der Waals surface area contributed by atoms with Crippen LogP contribution in [0, 0.1) is 25.7 Å². The number of hydrogen-bond acceptors (Lipinski definition) is 3. The zero-order valence-corrected chi connectivity index (χ0v) is 16.0. The van der Waals surface area contributed by atoms with Crippen LogP contribution in [0.3, 0.4) is 0 Å². The van der Waals surface area contributed by atoms with Crippen molar-refractivity contribution >= 4 is 17.5 Å². The second kappa shape index (κ2) is 8.25. The summed E-state index contributed by atoms with van der Waals surface area (Å²) in [5, 5.41) is 5.93. The lowest BCUT2D eigenvalue weighted by Crippen LogP contribution is -2.29. The molecule has 2 atom stereocenters. The van der Waals surface area contributed by atoms with E-state index in [9.17, 15) is 9.59 Å². The highest BCUT2D eigenvalue weighted by Crippen LogP contribution is 2.40. The Morgan fingerprint density at radius 3 is 2.41 bits per heavy atom. The van der Waals surface area contributed by atoms with Gasteiger partial charge in [-0.1, -0.05) is 30.3 Å². The summed E-state index contributed by atoms with van der Waals surface area (Å²) < 4.78 is 5.20. The normalized spacial score (nSPS) is 17.9. The molecule has 5 nitrogen and oxygen atoms in total. The Balaban J connectivity index is 1.46. The van der Waals surface area contributed by atoms with Gasteiger partial charge in [-0.3, -0.25) is 9.59 Å². The molecule has 1 fully saturated rings. The van der Waals surface area contributed by atoms with Gasteiger partial charge in [0, 0.05) is 12.2 Å². The van der Waals surface area contributed by atoms with Gasteiger partial charge >= 0.3 is 0 Å². The molecule has 0 aliphatic heterocycles. The van der Waals surface area contributed by atoms with Gasteiger partial charge in [0.15, 0.2) is 0 Å². The van der Waals surface area contributed by atoms with E-state index in [4.69, 9.17) is 4.74 Å². The van der Waals surface area contributed by atoms with Gasteiger partial charge in [-0.2, -0.15) is 0 Å². The first-order chi connectivity index (χ1) is 13.0. The molecule has 1 saturated carbocycles. The number of carbonyl (C=O) groups excluding carboxylic acids is 2. The van der Waals surface area contributed by atoms with Crippen molar-refractivity contribution in [2.75, 3.05) is 19.0 Å². The maximum atomic E-state index is 12.5. The molecule has 0 aromatic heterocycles. The number of ether oxygens (including phenoxy) is 1. The third-order valence-electron chi connectivity index (χ3n) is 5.04. The smallest absolute Gasteiger partial charge is 0.228 e. The Bertz CT molecular complexity index is 827. The topological polar surface area (TPSA) is 67.4 Å². The van der Waals surface area contributed by atoms with Crippen LogP contribution in [0.2, 0.25) is 0 Å². The van der Waals surface area contributed by atoms with Crippen molar-refractivity contribution in [1.29, 1.82) is 0 Å². The molecule has 2 N–H and O–H groups in total. The Hall–Kier alpha value is -2.82. The predicted octanol–water partition coefficient (Wildman–Crippen LogP) is 3.25. The van der Waals surface area contributed by atoms with Crippen molar-refractivity contribution in [1.82, 2.24) is 5.32 Å². The molecule has 1 aliphatic carbocycles. The minimum atomic E-state index is -0.235. The van der Waals surface area contributed by atoms with Crippen LogP contribution < -0.4 is 15.4 Å². The van der Waals surface area contributed by atoms with Crippen molar-refractivity contribution < 1.29 is 14.3 Å². The molecule has 27 heavy (non-hydrogen) atoms. The lowest BCUT2D eigenvalue weighted by Gasteiger charge is -2.11. The lowest BCUT2D eigenvalue weighted by molar-refractivity contribution is -0.125. The maximum absolute atomic E-state index is 12.5. The molecule has 2 unspecified atom stereocenters. The molecule has 0 saturated heterocycles. The zero-order valence-electron chi connectivity index (χ0n) is 16.0. The molecule has 2 amide bonds. The van der Waals surface area contributed by atoms with E-state index in [0.717, 1.165) is 34.5 Å². The van der Waals surface area contributed by atoms with Gasteiger partial charge in [-0.25, -0.2) is 0 Å². The Morgan fingerprint density at radius 1 is 1.04 bits per heavy atom. The van der Waals surface area contributed by atoms with E-state index in [0.29, 0.717) is 13.0 Å². The Morgan fingerprint density at radius 2 is 1.70 bits per heavy atom. The second-order valence-corrected chi connectivity index (χ2v) is 7.10. The SMILES string of the molecule is COc1cccc(CCNC(=O)C2CC2C(=O)Nc2c(C)cccc2C)c1. The van der Waals surface area contributed by atoms with Crippen molar-refractivity contribution in [3.05, 3.63) is 59.2 Å². The summed E-state index contributed by atoms with van der Waals surface area (Å²) in [7, 11) is 1.64. The van der Waals surface area contributed by atoms with Gasteiger partial charge < -0.3 is 15.4 Å². The van der Waals surface area contributed by atoms with E-state index in [-0.39, 0.29) is 23.7 Å². The van der Waals surface area contributed by atoms with Crippen LogP contribution in [-0.4, -0.2) is 25.5 Å². The van der Waals surface area contributed by atoms with Gasteiger partial charge in [-0.05, 0) is 55.5 Å². The van der Waals surface area contributed by atoms with Crippen LogP contribution >= 0.6 is 0 Å². The van der Waals surface area contributed by atoms with Gasteiger partial charge in [0.2, 0.25) is 11.8 Å². The fourth-order valence-electron chi connectivity index (χ4n) is 3.29. The summed E-state index contributed by atoms with van der Waals surface area (Å²) in [5.41, 5.74) is 4.02. The lowest BCUT2D eigenvalue weighted by atomic mass is 10.1. The fourth-order valence-corrected chi connectivity index (χ4v) is 3.29. The Labute approximate surface area is 160 Å². The number of carbonyl (C=O) groups is 2. The number of rotatable bonds is 7. The highest BCUT2D eigenvalue weighted by Gasteiger charge is 2.48. The fraction of sp³-hybridized carbons (Fsp3) is 0.364. The summed E-state index contributed by atoms with van der Waals surface area (Å²) in [4.78, 5) is 24.8. The molecule has 0 heterocycles. The minimum Gasteiger partial charge on any atom is -0.497 e. The number of anilines is 1. The minimum absolute atomic E-state index is 0.0421. The predicted molar refractivity (Wildman–Crippen MR) is 106 cm³/mol. The van der Waals surface area contributed by atoms with E-state index in [1.54, 1.807) is 7.11 Å². The highest BCUT2D eigenvalue weighted by atomic mass is 16.5. The molecule has 3 rings (SSSR count).